The Morgan fingerprint density at radius 2 is 1.68 bits per heavy atom. The number of hydrogen-bond acceptors (Lipinski definition) is 8. The highest BCUT2D eigenvalue weighted by molar-refractivity contribution is 6.00. The zero-order valence-corrected chi connectivity index (χ0v) is 34.2. The minimum Gasteiger partial charge on any atom is -0.371 e. The predicted molar refractivity (Wildman–Crippen MR) is 224 cm³/mol. The first-order valence-electron chi connectivity index (χ1n) is 20.5. The number of carbonyl (C=O) groups is 3. The van der Waals surface area contributed by atoms with Gasteiger partial charge in [0.2, 0.25) is 17.7 Å². The molecule has 0 bridgehead atoms. The molecule has 3 aliphatic heterocycles. The lowest BCUT2D eigenvalue weighted by atomic mass is 9.76. The summed E-state index contributed by atoms with van der Waals surface area (Å²) in [6, 6.07) is 13.6. The Labute approximate surface area is 333 Å². The lowest BCUT2D eigenvalue weighted by Crippen LogP contribution is -2.53. The van der Waals surface area contributed by atoms with Crippen molar-refractivity contribution >= 4 is 51.0 Å². The first-order valence-corrected chi connectivity index (χ1v) is 20.5. The van der Waals surface area contributed by atoms with Crippen LogP contribution < -0.4 is 20.8 Å². The van der Waals surface area contributed by atoms with Gasteiger partial charge in [-0.2, -0.15) is 5.10 Å². The highest BCUT2D eigenvalue weighted by atomic mass is 16.2. The van der Waals surface area contributed by atoms with E-state index in [1.165, 1.54) is 35.1 Å². The lowest BCUT2D eigenvalue weighted by molar-refractivity contribution is -0.135. The Balaban J connectivity index is 0.000000168. The molecule has 2 atom stereocenters. The first kappa shape index (κ1) is 38.7. The molecule has 0 saturated carbocycles. The summed E-state index contributed by atoms with van der Waals surface area (Å²) in [6.07, 6.45) is 6.26. The van der Waals surface area contributed by atoms with Crippen molar-refractivity contribution in [2.75, 3.05) is 63.2 Å². The summed E-state index contributed by atoms with van der Waals surface area (Å²) < 4.78 is 3.10. The fourth-order valence-corrected chi connectivity index (χ4v) is 9.05. The minimum atomic E-state index is -0.628. The molecule has 3 fully saturated rings. The van der Waals surface area contributed by atoms with Gasteiger partial charge in [0.1, 0.15) is 11.7 Å². The number of hydrogen-bond donors (Lipinski definition) is 3. The summed E-state index contributed by atoms with van der Waals surface area (Å²) in [7, 11) is 5.74. The molecule has 6 heterocycles. The van der Waals surface area contributed by atoms with E-state index in [2.05, 4.69) is 74.3 Å². The van der Waals surface area contributed by atoms with Crippen LogP contribution in [0.4, 0.5) is 11.4 Å². The molecule has 14 heteroatoms. The quantitative estimate of drug-likeness (QED) is 0.213. The Morgan fingerprint density at radius 3 is 2.42 bits per heavy atom. The van der Waals surface area contributed by atoms with Crippen LogP contribution in [-0.2, 0) is 34.3 Å². The zero-order chi connectivity index (χ0) is 40.2. The summed E-state index contributed by atoms with van der Waals surface area (Å²) in [5, 5.41) is 11.4. The molecule has 14 nitrogen and oxygen atoms in total. The van der Waals surface area contributed by atoms with E-state index in [-0.39, 0.29) is 30.0 Å². The molecular formula is C43H56N10O4. The summed E-state index contributed by atoms with van der Waals surface area (Å²) in [6.45, 7) is 12.6. The Bertz CT molecular complexity index is 2390. The second-order valence-electron chi connectivity index (χ2n) is 17.3. The number of likely N-dealkylation sites (N-methyl/N-ethyl adjacent to an activating group) is 2. The second kappa shape index (κ2) is 15.3. The van der Waals surface area contributed by atoms with Crippen molar-refractivity contribution in [3.05, 3.63) is 64.2 Å². The monoisotopic (exact) mass is 776 g/mol. The number of fused-ring (bicyclic) bond motifs is 3. The van der Waals surface area contributed by atoms with Crippen LogP contribution >= 0.6 is 0 Å². The smallest absolute Gasteiger partial charge is 0.329 e. The van der Waals surface area contributed by atoms with Crippen LogP contribution in [0.25, 0.3) is 33.3 Å². The number of piperidine rings is 1. The number of aromatic nitrogens is 5. The fraction of sp³-hybridized carbons (Fsp3) is 0.512. The van der Waals surface area contributed by atoms with Crippen molar-refractivity contribution in [2.45, 2.75) is 77.8 Å². The van der Waals surface area contributed by atoms with Gasteiger partial charge < -0.3 is 19.7 Å². The average Bonchev–Trinajstić information content (AvgIpc) is 4.01. The molecule has 1 aliphatic carbocycles. The number of carbonyl (C=O) groups excluding carboxylic acids is 3. The molecule has 4 aliphatic rings. The van der Waals surface area contributed by atoms with Crippen molar-refractivity contribution in [1.82, 2.24) is 39.4 Å². The van der Waals surface area contributed by atoms with Crippen molar-refractivity contribution < 1.29 is 14.4 Å². The number of H-pyrrole nitrogens is 2. The van der Waals surface area contributed by atoms with E-state index >= 15 is 0 Å². The third-order valence-electron chi connectivity index (χ3n) is 12.7. The van der Waals surface area contributed by atoms with Crippen LogP contribution in [0.2, 0.25) is 0 Å². The van der Waals surface area contributed by atoms with Crippen LogP contribution in [0.3, 0.4) is 0 Å². The number of rotatable bonds is 6. The summed E-state index contributed by atoms with van der Waals surface area (Å²) >= 11 is 0. The maximum atomic E-state index is 13.2. The highest BCUT2D eigenvalue weighted by Crippen LogP contribution is 2.38. The minimum absolute atomic E-state index is 0.126. The number of amides is 3. The zero-order valence-electron chi connectivity index (χ0n) is 34.2. The fourth-order valence-electron chi connectivity index (χ4n) is 9.05. The summed E-state index contributed by atoms with van der Waals surface area (Å²) in [5.41, 5.74) is 9.38. The Kier molecular flexibility index (Phi) is 10.4. The van der Waals surface area contributed by atoms with E-state index in [0.29, 0.717) is 11.8 Å². The number of aromatic amines is 2. The second-order valence-corrected chi connectivity index (χ2v) is 17.3. The van der Waals surface area contributed by atoms with Crippen LogP contribution in [0.15, 0.2) is 47.3 Å². The van der Waals surface area contributed by atoms with Gasteiger partial charge in [-0.25, -0.2) is 4.79 Å². The van der Waals surface area contributed by atoms with E-state index in [4.69, 9.17) is 0 Å². The average molecular weight is 777 g/mol. The molecule has 3 N–H and O–H groups in total. The van der Waals surface area contributed by atoms with Gasteiger partial charge in [0, 0.05) is 93.3 Å². The van der Waals surface area contributed by atoms with Gasteiger partial charge in [-0.1, -0.05) is 19.9 Å². The number of nitrogens with one attached hydrogen (secondary N) is 3. The standard InChI is InChI=1S/C26H36N6O.C17H20N4O3/c1-17(32-12-10-30(4)11-13-32)25(33)31(5)19-7-6-18-14-22(27-21(18)15-19)24-20-8-9-26(2,3)16-23(20)28-29-24;1-19-14-10-11(20-8-2-3-9-20)4-5-12(14)21(17(19)24)13-6-7-15(22)18-16(13)23/h6-7,14-15,17,27H,8-13,16H2,1-5H3,(H,28,29);4-5,10,13H,2-3,6-9H2,1H3,(H,18,22,23). The number of benzene rings is 2. The number of nitrogens with zero attached hydrogens (tertiary/aromatic N) is 7. The van der Waals surface area contributed by atoms with Gasteiger partial charge in [-0.05, 0) is 94.3 Å². The van der Waals surface area contributed by atoms with Crippen LogP contribution in [0, 0.1) is 5.41 Å². The van der Waals surface area contributed by atoms with Crippen molar-refractivity contribution in [1.29, 1.82) is 0 Å². The van der Waals surface area contributed by atoms with E-state index in [9.17, 15) is 19.2 Å². The molecule has 3 aromatic heterocycles. The molecule has 3 amide bonds. The molecule has 2 unspecified atom stereocenters. The van der Waals surface area contributed by atoms with Crippen molar-refractivity contribution in [3.63, 3.8) is 0 Å². The summed E-state index contributed by atoms with van der Waals surface area (Å²) in [4.78, 5) is 61.7. The van der Waals surface area contributed by atoms with Crippen LogP contribution in [-0.4, -0.2) is 111 Å². The summed E-state index contributed by atoms with van der Waals surface area (Å²) in [5.74, 6) is -0.542. The van der Waals surface area contributed by atoms with Gasteiger partial charge >= 0.3 is 5.69 Å². The Morgan fingerprint density at radius 1 is 0.930 bits per heavy atom. The van der Waals surface area contributed by atoms with E-state index in [1.54, 1.807) is 16.5 Å². The van der Waals surface area contributed by atoms with Crippen LogP contribution in [0.1, 0.15) is 70.2 Å². The van der Waals surface area contributed by atoms with Crippen molar-refractivity contribution in [3.8, 4) is 11.4 Å². The van der Waals surface area contributed by atoms with E-state index in [1.807, 2.05) is 38.2 Å². The number of anilines is 2. The third kappa shape index (κ3) is 7.52. The molecule has 57 heavy (non-hydrogen) atoms. The van der Waals surface area contributed by atoms with E-state index < -0.39 is 11.9 Å². The maximum Gasteiger partial charge on any atom is 0.329 e. The van der Waals surface area contributed by atoms with Gasteiger partial charge in [0.05, 0.1) is 22.8 Å². The molecule has 0 radical (unpaired) electrons. The maximum absolute atomic E-state index is 13.2. The van der Waals surface area contributed by atoms with Gasteiger partial charge in [0.15, 0.2) is 0 Å². The molecule has 0 spiro atoms. The normalized spacial score (nSPS) is 20.7. The number of aryl methyl sites for hydroxylation is 1. The van der Waals surface area contributed by atoms with Gasteiger partial charge in [-0.3, -0.25) is 38.8 Å². The number of piperazine rings is 1. The molecular weight excluding hydrogens is 721 g/mol. The highest BCUT2D eigenvalue weighted by Gasteiger charge is 2.32. The van der Waals surface area contributed by atoms with Gasteiger partial charge in [-0.15, -0.1) is 0 Å². The van der Waals surface area contributed by atoms with Crippen molar-refractivity contribution in [2.24, 2.45) is 12.5 Å². The van der Waals surface area contributed by atoms with Crippen LogP contribution in [0.5, 0.6) is 0 Å². The molecule has 5 aromatic rings. The first-order chi connectivity index (χ1) is 27.3. The van der Waals surface area contributed by atoms with E-state index in [0.717, 1.165) is 96.8 Å². The largest absolute Gasteiger partial charge is 0.371 e. The number of imide groups is 1. The SMILES string of the molecule is CC(C(=O)N(C)c1ccc2cc(-c3n[nH]c4c3CCC(C)(C)C4)[nH]c2c1)N1CCN(C)CC1.Cn1c(=O)n(C2CCC(=O)NC2=O)c2ccc(N3CCCC3)cc21. The third-order valence-corrected chi connectivity index (χ3v) is 12.7. The predicted octanol–water partition coefficient (Wildman–Crippen LogP) is 4.59. The molecule has 2 aromatic carbocycles. The Hall–Kier alpha value is -5.21. The number of imidazole rings is 1. The molecule has 3 saturated heterocycles. The molecule has 9 rings (SSSR count). The lowest BCUT2D eigenvalue weighted by Gasteiger charge is -2.37. The van der Waals surface area contributed by atoms with Gasteiger partial charge in [0.25, 0.3) is 0 Å². The molecule has 302 valence electrons. The topological polar surface area (TPSA) is 148 Å².